The Labute approximate surface area is 103 Å². The van der Waals surface area contributed by atoms with Crippen LogP contribution in [0.3, 0.4) is 0 Å². The number of anilines is 2. The Bertz CT molecular complexity index is 498. The van der Waals surface area contributed by atoms with Gasteiger partial charge in [0.1, 0.15) is 6.17 Å². The van der Waals surface area contributed by atoms with Crippen LogP contribution in [0.25, 0.3) is 0 Å². The van der Waals surface area contributed by atoms with Crippen molar-refractivity contribution in [3.8, 4) is 0 Å². The van der Waals surface area contributed by atoms with Crippen LogP contribution < -0.4 is 9.24 Å². The van der Waals surface area contributed by atoms with Gasteiger partial charge in [-0.1, -0.05) is 42.5 Å². The summed E-state index contributed by atoms with van der Waals surface area (Å²) in [5.74, 6) is 0. The predicted octanol–water partition coefficient (Wildman–Crippen LogP) is 3.93. The van der Waals surface area contributed by atoms with Gasteiger partial charge >= 0.3 is 0 Å². The monoisotopic (exact) mass is 274 g/mol. The highest BCUT2D eigenvalue weighted by Crippen LogP contribution is 2.42. The van der Waals surface area contributed by atoms with Crippen molar-refractivity contribution < 1.29 is 0 Å². The molecule has 0 saturated heterocycles. The van der Waals surface area contributed by atoms with Crippen molar-refractivity contribution in [1.82, 2.24) is 0 Å². The lowest BCUT2D eigenvalue weighted by Gasteiger charge is -2.19. The van der Waals surface area contributed by atoms with E-state index in [1.165, 1.54) is 11.3 Å². The van der Waals surface area contributed by atoms with E-state index in [1.54, 1.807) is 0 Å². The van der Waals surface area contributed by atoms with Gasteiger partial charge in [-0.3, -0.25) is 3.93 Å². The zero-order chi connectivity index (χ0) is 11.0. The van der Waals surface area contributed by atoms with Gasteiger partial charge in [-0.2, -0.15) is 0 Å². The maximum absolute atomic E-state index is 3.61. The Balaban J connectivity index is 1.99. The number of fused-ring (bicyclic) bond motifs is 1. The summed E-state index contributed by atoms with van der Waals surface area (Å²) in [6.07, 6.45) is 0.165. The van der Waals surface area contributed by atoms with Gasteiger partial charge in [-0.15, -0.1) is 0 Å². The molecule has 0 aromatic heterocycles. The van der Waals surface area contributed by atoms with Crippen LogP contribution in [0.2, 0.25) is 0 Å². The lowest BCUT2D eigenvalue weighted by Crippen LogP contribution is -2.17. The fourth-order valence-electron chi connectivity index (χ4n) is 1.97. The summed E-state index contributed by atoms with van der Waals surface area (Å²) in [5.41, 5.74) is 3.58. The second-order valence-corrected chi connectivity index (χ2v) is 4.55. The molecule has 1 aliphatic rings. The van der Waals surface area contributed by atoms with Crippen molar-refractivity contribution >= 4 is 27.5 Å². The lowest BCUT2D eigenvalue weighted by atomic mass is 10.2. The number of hydrogen-bond acceptors (Lipinski definition) is 2. The van der Waals surface area contributed by atoms with Crippen molar-refractivity contribution in [3.05, 3.63) is 60.2 Å². The van der Waals surface area contributed by atoms with Crippen LogP contribution in [-0.4, -0.2) is 0 Å². The van der Waals surface area contributed by atoms with Crippen LogP contribution in [-0.2, 0) is 0 Å². The first-order chi connectivity index (χ1) is 7.86. The third kappa shape index (κ3) is 1.48. The molecule has 2 aromatic rings. The normalized spacial score (nSPS) is 18.1. The summed E-state index contributed by atoms with van der Waals surface area (Å²) in [5, 5.41) is 3.48. The van der Waals surface area contributed by atoms with Gasteiger partial charge < -0.3 is 5.32 Å². The van der Waals surface area contributed by atoms with Crippen molar-refractivity contribution in [3.63, 3.8) is 0 Å². The molecule has 1 N–H and O–H groups in total. The maximum atomic E-state index is 3.61. The van der Waals surface area contributed by atoms with Gasteiger partial charge in [-0.05, 0) is 17.7 Å². The summed E-state index contributed by atoms with van der Waals surface area (Å²) in [4.78, 5) is 0. The van der Waals surface area contributed by atoms with E-state index in [9.17, 15) is 0 Å². The number of para-hydroxylation sites is 2. The second kappa shape index (κ2) is 3.83. The van der Waals surface area contributed by atoms with Crippen molar-refractivity contribution in [2.75, 3.05) is 9.24 Å². The molecule has 1 heterocycles. The highest BCUT2D eigenvalue weighted by atomic mass is 79.9. The fourth-order valence-corrected chi connectivity index (χ4v) is 2.62. The topological polar surface area (TPSA) is 15.3 Å². The van der Waals surface area contributed by atoms with E-state index in [0.29, 0.717) is 0 Å². The molecule has 0 amide bonds. The first-order valence-corrected chi connectivity index (χ1v) is 5.93. The number of halogens is 1. The minimum atomic E-state index is 0.165. The molecule has 2 aromatic carbocycles. The van der Waals surface area contributed by atoms with Gasteiger partial charge in [0.2, 0.25) is 0 Å². The molecule has 0 saturated carbocycles. The molecule has 0 aliphatic carbocycles. The van der Waals surface area contributed by atoms with Crippen LogP contribution in [0, 0.1) is 0 Å². The molecule has 1 atom stereocenters. The molecule has 3 heteroatoms. The lowest BCUT2D eigenvalue weighted by molar-refractivity contribution is 0.887. The van der Waals surface area contributed by atoms with E-state index < -0.39 is 0 Å². The zero-order valence-corrected chi connectivity index (χ0v) is 10.2. The van der Waals surface area contributed by atoms with Gasteiger partial charge in [0, 0.05) is 0 Å². The molecule has 0 radical (unpaired) electrons. The summed E-state index contributed by atoms with van der Waals surface area (Å²) in [6.45, 7) is 0. The number of rotatable bonds is 1. The average Bonchev–Trinajstić information content (AvgIpc) is 2.69. The second-order valence-electron chi connectivity index (χ2n) is 3.79. The van der Waals surface area contributed by atoms with Gasteiger partial charge in [0.05, 0.1) is 27.5 Å². The smallest absolute Gasteiger partial charge is 0.136 e. The minimum absolute atomic E-state index is 0.165. The highest BCUT2D eigenvalue weighted by molar-refractivity contribution is 9.10. The van der Waals surface area contributed by atoms with Crippen molar-refractivity contribution in [1.29, 1.82) is 0 Å². The molecule has 0 fully saturated rings. The number of nitrogens with zero attached hydrogens (tertiary/aromatic N) is 1. The number of nitrogens with one attached hydrogen (secondary N) is 1. The summed E-state index contributed by atoms with van der Waals surface area (Å²) in [6, 6.07) is 18.7. The molecule has 0 bridgehead atoms. The van der Waals surface area contributed by atoms with Crippen LogP contribution in [0.15, 0.2) is 54.6 Å². The minimum Gasteiger partial charge on any atom is -0.359 e. The van der Waals surface area contributed by atoms with Crippen LogP contribution in [0.4, 0.5) is 11.4 Å². The third-order valence-corrected chi connectivity index (χ3v) is 3.56. The molecule has 3 rings (SSSR count). The van der Waals surface area contributed by atoms with E-state index in [1.807, 2.05) is 18.2 Å². The molecule has 80 valence electrons. The molecule has 0 spiro atoms. The van der Waals surface area contributed by atoms with Gasteiger partial charge in [-0.25, -0.2) is 0 Å². The van der Waals surface area contributed by atoms with Gasteiger partial charge in [0.15, 0.2) is 0 Å². The molecule has 16 heavy (non-hydrogen) atoms. The first-order valence-electron chi connectivity index (χ1n) is 5.22. The maximum Gasteiger partial charge on any atom is 0.136 e. The van der Waals surface area contributed by atoms with E-state index in [-0.39, 0.29) is 6.17 Å². The Morgan fingerprint density at radius 2 is 1.62 bits per heavy atom. The summed E-state index contributed by atoms with van der Waals surface area (Å²) < 4.78 is 2.08. The van der Waals surface area contributed by atoms with Gasteiger partial charge in [0.25, 0.3) is 0 Å². The molecule has 1 aliphatic heterocycles. The summed E-state index contributed by atoms with van der Waals surface area (Å²) >= 11 is 3.61. The SMILES string of the molecule is BrN1c2ccccc2NC1c1ccccc1. The first kappa shape index (κ1) is 9.73. The Morgan fingerprint density at radius 3 is 2.38 bits per heavy atom. The Kier molecular flexibility index (Phi) is 2.33. The average molecular weight is 275 g/mol. The standard InChI is InChI=1S/C13H11BrN2/c14-16-12-9-5-4-8-11(12)15-13(16)10-6-2-1-3-7-10/h1-9,13,15H. The molecule has 2 nitrogen and oxygen atoms in total. The van der Waals surface area contributed by atoms with Crippen LogP contribution >= 0.6 is 16.1 Å². The number of hydrogen-bond donors (Lipinski definition) is 1. The highest BCUT2D eigenvalue weighted by Gasteiger charge is 2.27. The van der Waals surface area contributed by atoms with E-state index in [2.05, 4.69) is 61.8 Å². The quantitative estimate of drug-likeness (QED) is 0.793. The van der Waals surface area contributed by atoms with Crippen molar-refractivity contribution in [2.24, 2.45) is 0 Å². The van der Waals surface area contributed by atoms with E-state index in [4.69, 9.17) is 0 Å². The Hall–Kier alpha value is -1.48. The third-order valence-electron chi connectivity index (χ3n) is 2.77. The Morgan fingerprint density at radius 1 is 0.938 bits per heavy atom. The van der Waals surface area contributed by atoms with E-state index in [0.717, 1.165) is 5.69 Å². The molecular weight excluding hydrogens is 264 g/mol. The molecule has 1 unspecified atom stereocenters. The largest absolute Gasteiger partial charge is 0.359 e. The van der Waals surface area contributed by atoms with E-state index >= 15 is 0 Å². The van der Waals surface area contributed by atoms with Crippen molar-refractivity contribution in [2.45, 2.75) is 6.17 Å². The number of benzene rings is 2. The van der Waals surface area contributed by atoms with Crippen LogP contribution in [0.1, 0.15) is 11.7 Å². The summed E-state index contributed by atoms with van der Waals surface area (Å²) in [7, 11) is 0. The van der Waals surface area contributed by atoms with Crippen LogP contribution in [0.5, 0.6) is 0 Å². The predicted molar refractivity (Wildman–Crippen MR) is 70.7 cm³/mol. The fraction of sp³-hybridized carbons (Fsp3) is 0.0769. The molecular formula is C13H11BrN2. The zero-order valence-electron chi connectivity index (χ0n) is 8.60.